The van der Waals surface area contributed by atoms with E-state index in [0.29, 0.717) is 28.8 Å². The molecule has 1 aromatic rings. The summed E-state index contributed by atoms with van der Waals surface area (Å²) in [5.74, 6) is 1.63. The Labute approximate surface area is 116 Å². The molecular formula is C12H17ClN2O2S. The van der Waals surface area contributed by atoms with Gasteiger partial charge >= 0.3 is 0 Å². The lowest BCUT2D eigenvalue weighted by atomic mass is 10.2. The molecule has 1 rings (SSSR count). The lowest BCUT2D eigenvalue weighted by molar-refractivity contribution is -0.113. The molecule has 0 aliphatic rings. The summed E-state index contributed by atoms with van der Waals surface area (Å²) in [6, 6.07) is 3.49. The number of benzene rings is 1. The third-order valence-corrected chi connectivity index (χ3v) is 3.65. The highest BCUT2D eigenvalue weighted by Gasteiger charge is 2.10. The van der Waals surface area contributed by atoms with E-state index in [-0.39, 0.29) is 5.91 Å². The first-order chi connectivity index (χ1) is 8.58. The number of anilines is 1. The molecule has 1 amide bonds. The van der Waals surface area contributed by atoms with Gasteiger partial charge in [-0.25, -0.2) is 0 Å². The average Bonchev–Trinajstić information content (AvgIpc) is 2.34. The van der Waals surface area contributed by atoms with Crippen molar-refractivity contribution in [1.82, 2.24) is 0 Å². The van der Waals surface area contributed by atoms with Gasteiger partial charge in [0, 0.05) is 23.4 Å². The van der Waals surface area contributed by atoms with Gasteiger partial charge < -0.3 is 15.8 Å². The monoisotopic (exact) mass is 288 g/mol. The van der Waals surface area contributed by atoms with Gasteiger partial charge in [-0.15, -0.1) is 0 Å². The number of carbonyl (C=O) groups excluding carboxylic acids is 1. The minimum Gasteiger partial charge on any atom is -0.495 e. The first kappa shape index (κ1) is 15.1. The van der Waals surface area contributed by atoms with E-state index in [1.54, 1.807) is 19.2 Å². The fourth-order valence-corrected chi connectivity index (χ4v) is 2.09. The summed E-state index contributed by atoms with van der Waals surface area (Å²) < 4.78 is 5.18. The van der Waals surface area contributed by atoms with Crippen molar-refractivity contribution >= 4 is 35.0 Å². The highest BCUT2D eigenvalue weighted by Crippen LogP contribution is 2.30. The zero-order valence-corrected chi connectivity index (χ0v) is 12.0. The predicted molar refractivity (Wildman–Crippen MR) is 77.8 cm³/mol. The van der Waals surface area contributed by atoms with Gasteiger partial charge in [0.15, 0.2) is 0 Å². The van der Waals surface area contributed by atoms with Gasteiger partial charge in [0.25, 0.3) is 0 Å². The van der Waals surface area contributed by atoms with Crippen LogP contribution in [0.25, 0.3) is 0 Å². The number of methoxy groups -OCH3 is 1. The van der Waals surface area contributed by atoms with Crippen molar-refractivity contribution < 1.29 is 9.53 Å². The Hall–Kier alpha value is -0.910. The molecule has 0 aliphatic carbocycles. The smallest absolute Gasteiger partial charge is 0.234 e. The summed E-state index contributed by atoms with van der Waals surface area (Å²) in [5, 5.41) is 3.42. The fourth-order valence-electron chi connectivity index (χ4n) is 1.36. The van der Waals surface area contributed by atoms with Crippen molar-refractivity contribution in [2.45, 2.75) is 6.92 Å². The highest BCUT2D eigenvalue weighted by atomic mass is 35.5. The number of hydrogen-bond acceptors (Lipinski definition) is 4. The van der Waals surface area contributed by atoms with Gasteiger partial charge in [-0.3, -0.25) is 4.79 Å². The standard InChI is InChI=1S/C12H17ClN2O2S/c1-8-5-10(11(17-2)6-9(8)13)15-12(16)7-18-4-3-14/h5-6H,3-4,7,14H2,1-2H3,(H,15,16). The lowest BCUT2D eigenvalue weighted by Gasteiger charge is -2.12. The van der Waals surface area contributed by atoms with E-state index in [9.17, 15) is 4.79 Å². The van der Waals surface area contributed by atoms with Crippen LogP contribution in [-0.2, 0) is 4.79 Å². The molecule has 0 bridgehead atoms. The SMILES string of the molecule is COc1cc(Cl)c(C)cc1NC(=O)CSCCN. The Balaban J connectivity index is 2.71. The van der Waals surface area contributed by atoms with Crippen LogP contribution in [0.1, 0.15) is 5.56 Å². The molecule has 0 spiro atoms. The number of hydrogen-bond donors (Lipinski definition) is 2. The van der Waals surface area contributed by atoms with Crippen molar-refractivity contribution in [3.05, 3.63) is 22.7 Å². The molecule has 0 saturated carbocycles. The van der Waals surface area contributed by atoms with E-state index in [0.717, 1.165) is 11.3 Å². The average molecular weight is 289 g/mol. The van der Waals surface area contributed by atoms with Crippen LogP contribution in [-0.4, -0.2) is 31.1 Å². The number of nitrogens with one attached hydrogen (secondary N) is 1. The van der Waals surface area contributed by atoms with E-state index in [4.69, 9.17) is 22.1 Å². The molecule has 4 nitrogen and oxygen atoms in total. The number of ether oxygens (including phenoxy) is 1. The Bertz CT molecular complexity index is 427. The normalized spacial score (nSPS) is 10.2. The van der Waals surface area contributed by atoms with Crippen LogP contribution in [0.2, 0.25) is 5.02 Å². The number of aryl methyl sites for hydroxylation is 1. The molecule has 1 aromatic carbocycles. The zero-order chi connectivity index (χ0) is 13.5. The number of halogens is 1. The first-order valence-corrected chi connectivity index (χ1v) is 7.03. The topological polar surface area (TPSA) is 64.3 Å². The zero-order valence-electron chi connectivity index (χ0n) is 10.5. The van der Waals surface area contributed by atoms with Gasteiger partial charge in [-0.2, -0.15) is 11.8 Å². The van der Waals surface area contributed by atoms with Crippen LogP contribution in [0.3, 0.4) is 0 Å². The molecule has 0 atom stereocenters. The minimum absolute atomic E-state index is 0.0755. The molecule has 100 valence electrons. The minimum atomic E-state index is -0.0755. The summed E-state index contributed by atoms with van der Waals surface area (Å²) in [4.78, 5) is 11.7. The maximum atomic E-state index is 11.7. The largest absolute Gasteiger partial charge is 0.495 e. The number of nitrogens with two attached hydrogens (primary N) is 1. The Morgan fingerprint density at radius 2 is 2.28 bits per heavy atom. The molecule has 0 aromatic heterocycles. The lowest BCUT2D eigenvalue weighted by Crippen LogP contribution is -2.16. The molecule has 3 N–H and O–H groups in total. The van der Waals surface area contributed by atoms with Crippen molar-refractivity contribution in [2.75, 3.05) is 30.5 Å². The molecule has 0 saturated heterocycles. The van der Waals surface area contributed by atoms with Crippen LogP contribution < -0.4 is 15.8 Å². The second-order valence-corrected chi connectivity index (χ2v) is 5.20. The summed E-state index contributed by atoms with van der Waals surface area (Å²) in [7, 11) is 1.54. The first-order valence-electron chi connectivity index (χ1n) is 5.50. The van der Waals surface area contributed by atoms with Crippen LogP contribution in [0.15, 0.2) is 12.1 Å². The van der Waals surface area contributed by atoms with Crippen LogP contribution >= 0.6 is 23.4 Å². The number of amides is 1. The van der Waals surface area contributed by atoms with E-state index in [2.05, 4.69) is 5.32 Å². The van der Waals surface area contributed by atoms with Gasteiger partial charge in [0.05, 0.1) is 18.6 Å². The third kappa shape index (κ3) is 4.40. The molecule has 18 heavy (non-hydrogen) atoms. The molecule has 6 heteroatoms. The van der Waals surface area contributed by atoms with Crippen molar-refractivity contribution in [1.29, 1.82) is 0 Å². The Morgan fingerprint density at radius 3 is 2.89 bits per heavy atom. The summed E-state index contributed by atoms with van der Waals surface area (Å²) >= 11 is 7.49. The van der Waals surface area contributed by atoms with E-state index in [1.807, 2.05) is 6.92 Å². The van der Waals surface area contributed by atoms with Gasteiger partial charge in [0.2, 0.25) is 5.91 Å². The summed E-state index contributed by atoms with van der Waals surface area (Å²) in [6.45, 7) is 2.45. The van der Waals surface area contributed by atoms with Crippen molar-refractivity contribution in [3.8, 4) is 5.75 Å². The summed E-state index contributed by atoms with van der Waals surface area (Å²) in [6.07, 6.45) is 0. The van der Waals surface area contributed by atoms with Crippen molar-refractivity contribution in [3.63, 3.8) is 0 Å². The fraction of sp³-hybridized carbons (Fsp3) is 0.417. The van der Waals surface area contributed by atoms with Crippen LogP contribution in [0.4, 0.5) is 5.69 Å². The molecule has 0 heterocycles. The van der Waals surface area contributed by atoms with E-state index in [1.165, 1.54) is 11.8 Å². The maximum absolute atomic E-state index is 11.7. The number of carbonyl (C=O) groups is 1. The van der Waals surface area contributed by atoms with Crippen molar-refractivity contribution in [2.24, 2.45) is 5.73 Å². The number of thioether (sulfide) groups is 1. The van der Waals surface area contributed by atoms with Gasteiger partial charge in [0.1, 0.15) is 5.75 Å². The molecule has 0 aliphatic heterocycles. The van der Waals surface area contributed by atoms with Gasteiger partial charge in [-0.1, -0.05) is 11.6 Å². The van der Waals surface area contributed by atoms with E-state index < -0.39 is 0 Å². The summed E-state index contributed by atoms with van der Waals surface area (Å²) in [5.41, 5.74) is 6.89. The van der Waals surface area contributed by atoms with Crippen LogP contribution in [0.5, 0.6) is 5.75 Å². The Morgan fingerprint density at radius 1 is 1.56 bits per heavy atom. The predicted octanol–water partition coefficient (Wildman–Crippen LogP) is 2.29. The maximum Gasteiger partial charge on any atom is 0.234 e. The van der Waals surface area contributed by atoms with Crippen LogP contribution in [0, 0.1) is 6.92 Å². The van der Waals surface area contributed by atoms with E-state index >= 15 is 0 Å². The second-order valence-electron chi connectivity index (χ2n) is 3.69. The van der Waals surface area contributed by atoms with Gasteiger partial charge in [-0.05, 0) is 18.6 Å². The highest BCUT2D eigenvalue weighted by molar-refractivity contribution is 7.99. The third-order valence-electron chi connectivity index (χ3n) is 2.25. The molecular weight excluding hydrogens is 272 g/mol. The molecule has 0 fully saturated rings. The quantitative estimate of drug-likeness (QED) is 0.788. The number of rotatable bonds is 6. The second kappa shape index (κ2) is 7.51. The molecule has 0 radical (unpaired) electrons. The molecule has 0 unspecified atom stereocenters. The Kier molecular flexibility index (Phi) is 6.32.